The second-order valence-electron chi connectivity index (χ2n) is 6.04. The second-order valence-corrected chi connectivity index (χ2v) is 6.97. The van der Waals surface area contributed by atoms with Crippen LogP contribution in [0.4, 0.5) is 11.4 Å². The molecule has 124 valence electrons. The molecule has 2 aliphatic rings. The number of amides is 2. The first-order valence-corrected chi connectivity index (χ1v) is 8.98. The van der Waals surface area contributed by atoms with E-state index in [4.69, 9.17) is 0 Å². The van der Waals surface area contributed by atoms with Gasteiger partial charge in [-0.1, -0.05) is 0 Å². The minimum absolute atomic E-state index is 0.00229. The summed E-state index contributed by atoms with van der Waals surface area (Å²) in [5, 5.41) is 8.81. The summed E-state index contributed by atoms with van der Waals surface area (Å²) in [6, 6.07) is 5.48. The number of likely N-dealkylation sites (tertiary alicyclic amines) is 1. The van der Waals surface area contributed by atoms with Crippen LogP contribution in [-0.2, 0) is 4.79 Å². The molecule has 0 unspecified atom stereocenters. The SMILES string of the molecule is O=C1CNc2ccc(C(=O)N3CCCC[C@H]3c3nccs3)cc2N1. The van der Waals surface area contributed by atoms with Crippen LogP contribution >= 0.6 is 11.3 Å². The number of aromatic nitrogens is 1. The summed E-state index contributed by atoms with van der Waals surface area (Å²) in [4.78, 5) is 30.9. The zero-order valence-electron chi connectivity index (χ0n) is 13.1. The molecule has 0 radical (unpaired) electrons. The molecular formula is C17H18N4O2S. The van der Waals surface area contributed by atoms with Crippen molar-refractivity contribution in [2.45, 2.75) is 25.3 Å². The number of carbonyl (C=O) groups is 2. The van der Waals surface area contributed by atoms with Gasteiger partial charge < -0.3 is 15.5 Å². The molecule has 1 aromatic heterocycles. The highest BCUT2D eigenvalue weighted by Crippen LogP contribution is 2.34. The molecule has 1 fully saturated rings. The van der Waals surface area contributed by atoms with Gasteiger partial charge in [-0.3, -0.25) is 9.59 Å². The highest BCUT2D eigenvalue weighted by atomic mass is 32.1. The smallest absolute Gasteiger partial charge is 0.254 e. The van der Waals surface area contributed by atoms with Crippen molar-refractivity contribution >= 4 is 34.5 Å². The summed E-state index contributed by atoms with van der Waals surface area (Å²) >= 11 is 1.60. The van der Waals surface area contributed by atoms with Crippen LogP contribution < -0.4 is 10.6 Å². The van der Waals surface area contributed by atoms with Gasteiger partial charge in [-0.15, -0.1) is 11.3 Å². The number of hydrogen-bond acceptors (Lipinski definition) is 5. The van der Waals surface area contributed by atoms with Gasteiger partial charge in [0, 0.05) is 23.7 Å². The van der Waals surface area contributed by atoms with Crippen molar-refractivity contribution in [1.82, 2.24) is 9.88 Å². The van der Waals surface area contributed by atoms with E-state index in [1.165, 1.54) is 0 Å². The Bertz CT molecular complexity index is 775. The molecule has 4 rings (SSSR count). The molecule has 1 saturated heterocycles. The van der Waals surface area contributed by atoms with Crippen molar-refractivity contribution in [3.05, 3.63) is 40.3 Å². The summed E-state index contributed by atoms with van der Waals surface area (Å²) in [6.45, 7) is 1.00. The molecule has 6 nitrogen and oxygen atoms in total. The second kappa shape index (κ2) is 6.24. The van der Waals surface area contributed by atoms with Crippen molar-refractivity contribution in [1.29, 1.82) is 0 Å². The number of anilines is 2. The standard InChI is InChI=1S/C17H18N4O2S/c22-15-10-19-12-5-4-11(9-13(12)20-15)17(23)21-7-2-1-3-14(21)16-18-6-8-24-16/h4-6,8-9,14,19H,1-3,7,10H2,(H,20,22)/t14-/m0/s1. The molecule has 0 aliphatic carbocycles. The van der Waals surface area contributed by atoms with Gasteiger partial charge in [0.1, 0.15) is 5.01 Å². The Labute approximate surface area is 143 Å². The number of carbonyl (C=O) groups excluding carboxylic acids is 2. The molecule has 3 heterocycles. The van der Waals surface area contributed by atoms with Crippen molar-refractivity contribution < 1.29 is 9.59 Å². The van der Waals surface area contributed by atoms with Crippen LogP contribution in [0.5, 0.6) is 0 Å². The summed E-state index contributed by atoms with van der Waals surface area (Å²) < 4.78 is 0. The summed E-state index contributed by atoms with van der Waals surface area (Å²) in [5.41, 5.74) is 2.11. The summed E-state index contributed by atoms with van der Waals surface area (Å²) in [7, 11) is 0. The average molecular weight is 342 g/mol. The van der Waals surface area contributed by atoms with E-state index < -0.39 is 0 Å². The Hall–Kier alpha value is -2.41. The number of nitrogens with one attached hydrogen (secondary N) is 2. The third-order valence-corrected chi connectivity index (χ3v) is 5.36. The zero-order chi connectivity index (χ0) is 16.5. The molecule has 2 amide bonds. The largest absolute Gasteiger partial charge is 0.374 e. The lowest BCUT2D eigenvalue weighted by molar-refractivity contribution is -0.114. The van der Waals surface area contributed by atoms with Gasteiger partial charge in [0.05, 0.1) is 24.0 Å². The number of fused-ring (bicyclic) bond motifs is 1. The molecule has 7 heteroatoms. The van der Waals surface area contributed by atoms with E-state index in [0.717, 1.165) is 36.5 Å². The molecule has 1 aromatic carbocycles. The molecule has 1 atom stereocenters. The van der Waals surface area contributed by atoms with E-state index >= 15 is 0 Å². The maximum Gasteiger partial charge on any atom is 0.254 e. The first-order chi connectivity index (χ1) is 11.7. The maximum atomic E-state index is 13.0. The van der Waals surface area contributed by atoms with Crippen LogP contribution in [0, 0.1) is 0 Å². The number of rotatable bonds is 2. The van der Waals surface area contributed by atoms with Crippen LogP contribution in [0.15, 0.2) is 29.8 Å². The van der Waals surface area contributed by atoms with Gasteiger partial charge in [0.25, 0.3) is 5.91 Å². The number of thiazole rings is 1. The molecule has 24 heavy (non-hydrogen) atoms. The molecular weight excluding hydrogens is 324 g/mol. The Morgan fingerprint density at radius 3 is 3.04 bits per heavy atom. The van der Waals surface area contributed by atoms with Crippen LogP contribution in [0.25, 0.3) is 0 Å². The van der Waals surface area contributed by atoms with E-state index in [-0.39, 0.29) is 24.4 Å². The molecule has 2 aliphatic heterocycles. The normalized spacial score (nSPS) is 20.1. The van der Waals surface area contributed by atoms with Gasteiger partial charge in [-0.25, -0.2) is 4.98 Å². The Balaban J connectivity index is 1.62. The fourth-order valence-corrected chi connectivity index (χ4v) is 4.09. The molecule has 0 spiro atoms. The third kappa shape index (κ3) is 2.75. The number of hydrogen-bond donors (Lipinski definition) is 2. The number of piperidine rings is 1. The maximum absolute atomic E-state index is 13.0. The lowest BCUT2D eigenvalue weighted by atomic mass is 10.0. The fraction of sp³-hybridized carbons (Fsp3) is 0.353. The van der Waals surface area contributed by atoms with Gasteiger partial charge in [-0.2, -0.15) is 0 Å². The Morgan fingerprint density at radius 1 is 1.29 bits per heavy atom. The predicted molar refractivity (Wildman–Crippen MR) is 93.3 cm³/mol. The quantitative estimate of drug-likeness (QED) is 0.880. The average Bonchev–Trinajstić information content (AvgIpc) is 3.15. The van der Waals surface area contributed by atoms with Gasteiger partial charge in [0.2, 0.25) is 5.91 Å². The Morgan fingerprint density at radius 2 is 2.21 bits per heavy atom. The third-order valence-electron chi connectivity index (χ3n) is 4.48. The molecule has 0 bridgehead atoms. The van der Waals surface area contributed by atoms with Crippen LogP contribution in [0.2, 0.25) is 0 Å². The van der Waals surface area contributed by atoms with Crippen molar-refractivity contribution in [3.63, 3.8) is 0 Å². The number of nitrogens with zero attached hydrogens (tertiary/aromatic N) is 2. The van der Waals surface area contributed by atoms with Gasteiger partial charge in [-0.05, 0) is 37.5 Å². The van der Waals surface area contributed by atoms with Crippen LogP contribution in [0.1, 0.15) is 40.7 Å². The van der Waals surface area contributed by atoms with E-state index in [0.29, 0.717) is 11.3 Å². The summed E-state index contributed by atoms with van der Waals surface area (Å²) in [5.74, 6) is -0.0942. The van der Waals surface area contributed by atoms with Crippen LogP contribution in [0.3, 0.4) is 0 Å². The van der Waals surface area contributed by atoms with E-state index in [1.807, 2.05) is 22.4 Å². The van der Waals surface area contributed by atoms with Crippen molar-refractivity contribution in [2.24, 2.45) is 0 Å². The lowest BCUT2D eigenvalue weighted by Gasteiger charge is -2.34. The highest BCUT2D eigenvalue weighted by molar-refractivity contribution is 7.09. The minimum atomic E-state index is -0.0919. The minimum Gasteiger partial charge on any atom is -0.374 e. The first-order valence-electron chi connectivity index (χ1n) is 8.10. The zero-order valence-corrected chi connectivity index (χ0v) is 13.9. The van der Waals surface area contributed by atoms with Gasteiger partial charge in [0.15, 0.2) is 0 Å². The fourth-order valence-electron chi connectivity index (χ4n) is 3.30. The lowest BCUT2D eigenvalue weighted by Crippen LogP contribution is -2.38. The van der Waals surface area contributed by atoms with Crippen LogP contribution in [-0.4, -0.2) is 34.8 Å². The molecule has 2 N–H and O–H groups in total. The van der Waals surface area contributed by atoms with Crippen molar-refractivity contribution in [3.8, 4) is 0 Å². The van der Waals surface area contributed by atoms with E-state index in [2.05, 4.69) is 15.6 Å². The van der Waals surface area contributed by atoms with E-state index in [9.17, 15) is 9.59 Å². The highest BCUT2D eigenvalue weighted by Gasteiger charge is 2.30. The monoisotopic (exact) mass is 342 g/mol. The molecule has 0 saturated carbocycles. The topological polar surface area (TPSA) is 74.3 Å². The number of benzene rings is 1. The first kappa shape index (κ1) is 15.1. The van der Waals surface area contributed by atoms with Crippen molar-refractivity contribution in [2.75, 3.05) is 23.7 Å². The van der Waals surface area contributed by atoms with E-state index in [1.54, 1.807) is 23.6 Å². The van der Waals surface area contributed by atoms with Gasteiger partial charge >= 0.3 is 0 Å². The predicted octanol–water partition coefficient (Wildman–Crippen LogP) is 2.87. The summed E-state index contributed by atoms with van der Waals surface area (Å²) in [6.07, 6.45) is 4.86. The molecule has 2 aromatic rings. The Kier molecular flexibility index (Phi) is 3.93.